The van der Waals surface area contributed by atoms with Crippen molar-refractivity contribution in [2.75, 3.05) is 19.7 Å². The third kappa shape index (κ3) is 1.50. The summed E-state index contributed by atoms with van der Waals surface area (Å²) in [6.45, 7) is 2.78. The molecule has 2 aliphatic rings. The van der Waals surface area contributed by atoms with Gasteiger partial charge in [0.15, 0.2) is 0 Å². The molecule has 1 heterocycles. The zero-order chi connectivity index (χ0) is 8.39. The Bertz CT molecular complexity index is 127. The van der Waals surface area contributed by atoms with Gasteiger partial charge in [0.2, 0.25) is 0 Å². The van der Waals surface area contributed by atoms with Crippen molar-refractivity contribution in [2.45, 2.75) is 25.7 Å². The summed E-state index contributed by atoms with van der Waals surface area (Å²) in [6, 6.07) is 0. The Morgan fingerprint density at radius 2 is 1.83 bits per heavy atom. The molecule has 1 aliphatic heterocycles. The average Bonchev–Trinajstić information content (AvgIpc) is 2.04. The molecule has 1 saturated carbocycles. The molecule has 2 fully saturated rings. The van der Waals surface area contributed by atoms with E-state index in [1.54, 1.807) is 0 Å². The molecule has 0 aromatic rings. The molecule has 2 heteroatoms. The highest BCUT2D eigenvalue weighted by atomic mass is 16.3. The minimum atomic E-state index is 0.387. The van der Waals surface area contributed by atoms with E-state index in [0.717, 1.165) is 24.2 Å². The molecular weight excluding hydrogens is 150 g/mol. The van der Waals surface area contributed by atoms with Crippen LogP contribution in [0.2, 0.25) is 0 Å². The highest BCUT2D eigenvalue weighted by Crippen LogP contribution is 2.38. The lowest BCUT2D eigenvalue weighted by molar-refractivity contribution is 0.0827. The van der Waals surface area contributed by atoms with Gasteiger partial charge in [-0.1, -0.05) is 6.42 Å². The molecule has 2 N–H and O–H groups in total. The minimum absolute atomic E-state index is 0.387. The predicted molar refractivity (Wildman–Crippen MR) is 48.9 cm³/mol. The molecule has 1 aliphatic carbocycles. The highest BCUT2D eigenvalue weighted by Gasteiger charge is 2.35. The van der Waals surface area contributed by atoms with Gasteiger partial charge in [0.1, 0.15) is 0 Å². The lowest BCUT2D eigenvalue weighted by atomic mass is 9.68. The van der Waals surface area contributed by atoms with Crippen LogP contribution in [-0.4, -0.2) is 24.8 Å². The number of aliphatic hydroxyl groups is 1. The van der Waals surface area contributed by atoms with Crippen LogP contribution in [-0.2, 0) is 0 Å². The summed E-state index contributed by atoms with van der Waals surface area (Å²) >= 11 is 0. The number of fused-ring (bicyclic) bond motifs is 2. The summed E-state index contributed by atoms with van der Waals surface area (Å²) in [7, 11) is 0. The fourth-order valence-corrected chi connectivity index (χ4v) is 3.04. The van der Waals surface area contributed by atoms with Crippen molar-refractivity contribution in [1.82, 2.24) is 5.32 Å². The van der Waals surface area contributed by atoms with Crippen LogP contribution in [0.1, 0.15) is 25.7 Å². The number of piperidine rings is 1. The molecule has 0 radical (unpaired) electrons. The van der Waals surface area contributed by atoms with Gasteiger partial charge in [0.05, 0.1) is 0 Å². The van der Waals surface area contributed by atoms with Crippen molar-refractivity contribution in [3.8, 4) is 0 Å². The first-order valence-corrected chi connectivity index (χ1v) is 5.23. The van der Waals surface area contributed by atoms with E-state index in [0.29, 0.717) is 6.61 Å². The van der Waals surface area contributed by atoms with E-state index < -0.39 is 0 Å². The van der Waals surface area contributed by atoms with E-state index in [-0.39, 0.29) is 0 Å². The zero-order valence-corrected chi connectivity index (χ0v) is 7.63. The average molecular weight is 169 g/mol. The van der Waals surface area contributed by atoms with Crippen molar-refractivity contribution in [1.29, 1.82) is 0 Å². The quantitative estimate of drug-likeness (QED) is 0.646. The van der Waals surface area contributed by atoms with E-state index >= 15 is 0 Å². The molecule has 0 aromatic carbocycles. The smallest absolute Gasteiger partial charge is 0.0433 e. The van der Waals surface area contributed by atoms with E-state index in [1.807, 2.05) is 0 Å². The fourth-order valence-electron chi connectivity index (χ4n) is 3.04. The maximum Gasteiger partial charge on any atom is 0.0433 e. The molecule has 0 aromatic heterocycles. The summed E-state index contributed by atoms with van der Waals surface area (Å²) in [6.07, 6.45) is 5.22. The van der Waals surface area contributed by atoms with Crippen molar-refractivity contribution in [2.24, 2.45) is 17.8 Å². The van der Waals surface area contributed by atoms with Crippen LogP contribution in [0, 0.1) is 17.8 Å². The Balaban J connectivity index is 1.98. The van der Waals surface area contributed by atoms with Gasteiger partial charge in [0, 0.05) is 6.61 Å². The highest BCUT2D eigenvalue weighted by molar-refractivity contribution is 4.88. The second kappa shape index (κ2) is 3.75. The van der Waals surface area contributed by atoms with Gasteiger partial charge in [0.25, 0.3) is 0 Å². The third-order valence-corrected chi connectivity index (χ3v) is 3.64. The molecule has 12 heavy (non-hydrogen) atoms. The Hall–Kier alpha value is -0.0800. The van der Waals surface area contributed by atoms with Crippen LogP contribution >= 0.6 is 0 Å². The van der Waals surface area contributed by atoms with Crippen LogP contribution < -0.4 is 5.32 Å². The van der Waals surface area contributed by atoms with Crippen LogP contribution in [0.5, 0.6) is 0 Å². The Morgan fingerprint density at radius 3 is 2.42 bits per heavy atom. The second-order valence-electron chi connectivity index (χ2n) is 4.29. The van der Waals surface area contributed by atoms with Crippen LogP contribution in [0.4, 0.5) is 0 Å². The van der Waals surface area contributed by atoms with Gasteiger partial charge in [-0.05, 0) is 50.1 Å². The van der Waals surface area contributed by atoms with E-state index in [1.165, 1.54) is 32.4 Å². The molecule has 2 unspecified atom stereocenters. The molecular formula is C10H19NO. The Morgan fingerprint density at radius 1 is 1.17 bits per heavy atom. The first-order valence-electron chi connectivity index (χ1n) is 5.23. The number of aliphatic hydroxyl groups excluding tert-OH is 1. The predicted octanol–water partition coefficient (Wildman–Crippen LogP) is 1.00. The molecule has 1 saturated heterocycles. The van der Waals surface area contributed by atoms with Gasteiger partial charge in [-0.3, -0.25) is 0 Å². The van der Waals surface area contributed by atoms with E-state index in [9.17, 15) is 0 Å². The monoisotopic (exact) mass is 169 g/mol. The van der Waals surface area contributed by atoms with Gasteiger partial charge in [-0.15, -0.1) is 0 Å². The molecule has 2 rings (SSSR count). The molecule has 2 atom stereocenters. The van der Waals surface area contributed by atoms with E-state index in [4.69, 9.17) is 5.11 Å². The minimum Gasteiger partial charge on any atom is -0.396 e. The molecule has 70 valence electrons. The van der Waals surface area contributed by atoms with Crippen molar-refractivity contribution < 1.29 is 5.11 Å². The van der Waals surface area contributed by atoms with Crippen LogP contribution in [0.25, 0.3) is 0 Å². The van der Waals surface area contributed by atoms with Crippen molar-refractivity contribution in [3.05, 3.63) is 0 Å². The van der Waals surface area contributed by atoms with Gasteiger partial charge >= 0.3 is 0 Å². The molecule has 0 spiro atoms. The number of nitrogens with one attached hydrogen (secondary N) is 1. The SMILES string of the molecule is OCCC1C2CCCC1CNC2. The fraction of sp³-hybridized carbons (Fsp3) is 1.00. The van der Waals surface area contributed by atoms with Gasteiger partial charge < -0.3 is 10.4 Å². The summed E-state index contributed by atoms with van der Waals surface area (Å²) in [4.78, 5) is 0. The maximum absolute atomic E-state index is 8.95. The standard InChI is InChI=1S/C10H19NO/c12-5-4-10-8-2-1-3-9(10)7-11-6-8/h8-12H,1-7H2. The van der Waals surface area contributed by atoms with Gasteiger partial charge in [-0.25, -0.2) is 0 Å². The van der Waals surface area contributed by atoms with E-state index in [2.05, 4.69) is 5.32 Å². The van der Waals surface area contributed by atoms with Crippen LogP contribution in [0.3, 0.4) is 0 Å². The number of rotatable bonds is 2. The Labute approximate surface area is 74.4 Å². The van der Waals surface area contributed by atoms with Gasteiger partial charge in [-0.2, -0.15) is 0 Å². The largest absolute Gasteiger partial charge is 0.396 e. The zero-order valence-electron chi connectivity index (χ0n) is 7.63. The topological polar surface area (TPSA) is 32.3 Å². The van der Waals surface area contributed by atoms with Crippen molar-refractivity contribution in [3.63, 3.8) is 0 Å². The first kappa shape index (κ1) is 8.52. The second-order valence-corrected chi connectivity index (χ2v) is 4.29. The first-order chi connectivity index (χ1) is 5.92. The third-order valence-electron chi connectivity index (χ3n) is 3.64. The molecule has 0 amide bonds. The van der Waals surface area contributed by atoms with Crippen molar-refractivity contribution >= 4 is 0 Å². The maximum atomic E-state index is 8.95. The summed E-state index contributed by atoms with van der Waals surface area (Å²) in [5, 5.41) is 12.4. The summed E-state index contributed by atoms with van der Waals surface area (Å²) < 4.78 is 0. The lowest BCUT2D eigenvalue weighted by Crippen LogP contribution is -2.46. The Kier molecular flexibility index (Phi) is 2.66. The normalized spacial score (nSPS) is 41.2. The molecule has 2 bridgehead atoms. The number of hydrogen-bond donors (Lipinski definition) is 2. The summed E-state index contributed by atoms with van der Waals surface area (Å²) in [5.74, 6) is 2.55. The lowest BCUT2D eigenvalue weighted by Gasteiger charge is -2.42. The van der Waals surface area contributed by atoms with Crippen LogP contribution in [0.15, 0.2) is 0 Å². The summed E-state index contributed by atoms with van der Waals surface area (Å²) in [5.41, 5.74) is 0. The number of hydrogen-bond acceptors (Lipinski definition) is 2. The molecule has 2 nitrogen and oxygen atoms in total.